The lowest BCUT2D eigenvalue weighted by Gasteiger charge is -2.44. The van der Waals surface area contributed by atoms with E-state index in [-0.39, 0.29) is 11.7 Å². The molecule has 2 aliphatic rings. The van der Waals surface area contributed by atoms with Crippen LogP contribution in [0.2, 0.25) is 0 Å². The van der Waals surface area contributed by atoms with Gasteiger partial charge in [0.2, 0.25) is 0 Å². The van der Waals surface area contributed by atoms with E-state index in [1.54, 1.807) is 0 Å². The quantitative estimate of drug-likeness (QED) is 0.754. The van der Waals surface area contributed by atoms with Gasteiger partial charge in [0.05, 0.1) is 11.5 Å². The van der Waals surface area contributed by atoms with Crippen molar-refractivity contribution in [3.63, 3.8) is 0 Å². The molecule has 1 aliphatic carbocycles. The molecule has 136 valence electrons. The van der Waals surface area contributed by atoms with E-state index in [9.17, 15) is 15.0 Å². The lowest BCUT2D eigenvalue weighted by molar-refractivity contribution is -0.140. The van der Waals surface area contributed by atoms with Crippen molar-refractivity contribution in [2.24, 2.45) is 11.8 Å². The van der Waals surface area contributed by atoms with Crippen molar-refractivity contribution >= 4 is 11.5 Å². The van der Waals surface area contributed by atoms with Crippen molar-refractivity contribution < 1.29 is 19.7 Å². The summed E-state index contributed by atoms with van der Waals surface area (Å²) in [6.07, 6.45) is 7.52. The monoisotopic (exact) mass is 344 g/mol. The smallest absolute Gasteiger partial charge is 0.310 e. The zero-order chi connectivity index (χ0) is 18.2. The predicted octanol–water partition coefficient (Wildman–Crippen LogP) is 4.79. The summed E-state index contributed by atoms with van der Waals surface area (Å²) in [5.41, 5.74) is 2.29. The van der Waals surface area contributed by atoms with Gasteiger partial charge in [-0.3, -0.25) is 4.79 Å². The SMILES string of the molecule is CCCCCc1cc(O)c2c(c1)OC(C)(C)[C@@H]1CC[C@@H](C(=O)O)C=C21. The molecule has 2 atom stereocenters. The molecule has 1 aromatic rings. The van der Waals surface area contributed by atoms with Gasteiger partial charge in [-0.1, -0.05) is 25.8 Å². The second kappa shape index (κ2) is 6.74. The van der Waals surface area contributed by atoms with E-state index in [0.29, 0.717) is 17.7 Å². The number of aromatic hydroxyl groups is 1. The number of hydrogen-bond acceptors (Lipinski definition) is 3. The van der Waals surface area contributed by atoms with Crippen molar-refractivity contribution in [3.05, 3.63) is 29.3 Å². The van der Waals surface area contributed by atoms with Crippen LogP contribution in [-0.2, 0) is 11.2 Å². The first-order valence-corrected chi connectivity index (χ1v) is 9.33. The highest BCUT2D eigenvalue weighted by Gasteiger charge is 2.44. The van der Waals surface area contributed by atoms with Crippen molar-refractivity contribution in [3.8, 4) is 11.5 Å². The van der Waals surface area contributed by atoms with Crippen LogP contribution in [0.1, 0.15) is 64.0 Å². The number of unbranched alkanes of at least 4 members (excludes halogenated alkanes) is 2. The Bertz CT molecular complexity index is 702. The number of aryl methyl sites for hydroxylation is 1. The van der Waals surface area contributed by atoms with Crippen LogP contribution in [0.15, 0.2) is 18.2 Å². The zero-order valence-electron chi connectivity index (χ0n) is 15.3. The van der Waals surface area contributed by atoms with Crippen LogP contribution < -0.4 is 4.74 Å². The van der Waals surface area contributed by atoms with E-state index < -0.39 is 17.5 Å². The summed E-state index contributed by atoms with van der Waals surface area (Å²) in [4.78, 5) is 11.4. The van der Waals surface area contributed by atoms with E-state index in [0.717, 1.165) is 43.2 Å². The Morgan fingerprint density at radius 1 is 1.28 bits per heavy atom. The molecular formula is C21H28O4. The molecular weight excluding hydrogens is 316 g/mol. The van der Waals surface area contributed by atoms with Crippen LogP contribution in [0, 0.1) is 11.8 Å². The minimum absolute atomic E-state index is 0.104. The van der Waals surface area contributed by atoms with Gasteiger partial charge in [-0.05, 0) is 62.8 Å². The van der Waals surface area contributed by atoms with E-state index in [1.165, 1.54) is 0 Å². The van der Waals surface area contributed by atoms with Gasteiger partial charge in [0.25, 0.3) is 0 Å². The van der Waals surface area contributed by atoms with Gasteiger partial charge in [-0.25, -0.2) is 0 Å². The van der Waals surface area contributed by atoms with Crippen molar-refractivity contribution in [2.45, 2.75) is 64.9 Å². The summed E-state index contributed by atoms with van der Waals surface area (Å²) in [6, 6.07) is 3.84. The van der Waals surface area contributed by atoms with E-state index in [4.69, 9.17) is 4.74 Å². The van der Waals surface area contributed by atoms with Crippen LogP contribution in [-0.4, -0.2) is 21.8 Å². The van der Waals surface area contributed by atoms with Crippen LogP contribution in [0.25, 0.3) is 5.57 Å². The largest absolute Gasteiger partial charge is 0.507 e. The third-order valence-electron chi connectivity index (χ3n) is 5.55. The van der Waals surface area contributed by atoms with Crippen LogP contribution >= 0.6 is 0 Å². The first-order chi connectivity index (χ1) is 11.8. The van der Waals surface area contributed by atoms with Crippen LogP contribution in [0.3, 0.4) is 0 Å². The number of carbonyl (C=O) groups is 1. The van der Waals surface area contributed by atoms with Crippen molar-refractivity contribution in [1.29, 1.82) is 0 Å². The molecule has 0 radical (unpaired) electrons. The average molecular weight is 344 g/mol. The lowest BCUT2D eigenvalue weighted by Crippen LogP contribution is -2.43. The van der Waals surface area contributed by atoms with Gasteiger partial charge in [-0.2, -0.15) is 0 Å². The summed E-state index contributed by atoms with van der Waals surface area (Å²) in [5, 5.41) is 20.1. The number of hydrogen-bond donors (Lipinski definition) is 2. The Kier molecular flexibility index (Phi) is 4.81. The first-order valence-electron chi connectivity index (χ1n) is 9.33. The maximum atomic E-state index is 11.4. The number of benzene rings is 1. The fourth-order valence-corrected chi connectivity index (χ4v) is 4.20. The van der Waals surface area contributed by atoms with Crippen molar-refractivity contribution in [1.82, 2.24) is 0 Å². The highest BCUT2D eigenvalue weighted by Crippen LogP contribution is 2.52. The molecule has 0 unspecified atom stereocenters. The fourth-order valence-electron chi connectivity index (χ4n) is 4.20. The molecule has 3 rings (SSSR count). The first kappa shape index (κ1) is 17.8. The van der Waals surface area contributed by atoms with Gasteiger partial charge in [0.1, 0.15) is 17.1 Å². The fraction of sp³-hybridized carbons (Fsp3) is 0.571. The number of phenolic OH excluding ortho intramolecular Hbond substituents is 1. The Hall–Kier alpha value is -1.97. The van der Waals surface area contributed by atoms with E-state index in [1.807, 2.05) is 18.2 Å². The van der Waals surface area contributed by atoms with Gasteiger partial charge in [-0.15, -0.1) is 0 Å². The zero-order valence-corrected chi connectivity index (χ0v) is 15.3. The summed E-state index contributed by atoms with van der Waals surface area (Å²) in [7, 11) is 0. The standard InChI is InChI=1S/C21H28O4/c1-4-5-6-7-13-10-17(22)19-15-12-14(20(23)24)8-9-16(15)21(2,3)25-18(19)11-13/h10-12,14,16,22H,4-9H2,1-3H3,(H,23,24)/t14-,16-/m1/s1. The Labute approximate surface area is 149 Å². The minimum atomic E-state index is -0.799. The molecule has 0 fully saturated rings. The number of ether oxygens (including phenoxy) is 1. The summed E-state index contributed by atoms with van der Waals surface area (Å²) >= 11 is 0. The maximum Gasteiger partial charge on any atom is 0.310 e. The molecule has 2 N–H and O–H groups in total. The highest BCUT2D eigenvalue weighted by molar-refractivity contribution is 5.84. The second-order valence-electron chi connectivity index (χ2n) is 7.85. The van der Waals surface area contributed by atoms with Gasteiger partial charge >= 0.3 is 5.97 Å². The molecule has 1 heterocycles. The molecule has 0 saturated heterocycles. The second-order valence-corrected chi connectivity index (χ2v) is 7.85. The normalized spacial score (nSPS) is 23.9. The lowest BCUT2D eigenvalue weighted by atomic mass is 9.70. The molecule has 0 spiro atoms. The minimum Gasteiger partial charge on any atom is -0.507 e. The average Bonchev–Trinajstić information content (AvgIpc) is 2.53. The van der Waals surface area contributed by atoms with Crippen LogP contribution in [0.5, 0.6) is 11.5 Å². The number of phenols is 1. The number of fused-ring (bicyclic) bond motifs is 3. The summed E-state index contributed by atoms with van der Waals surface area (Å²) < 4.78 is 6.26. The maximum absolute atomic E-state index is 11.4. The third-order valence-corrected chi connectivity index (χ3v) is 5.55. The molecule has 0 aromatic heterocycles. The number of carboxylic acids is 1. The Morgan fingerprint density at radius 2 is 2.04 bits per heavy atom. The van der Waals surface area contributed by atoms with E-state index in [2.05, 4.69) is 20.8 Å². The molecule has 1 aromatic carbocycles. The third kappa shape index (κ3) is 3.39. The molecule has 25 heavy (non-hydrogen) atoms. The number of aliphatic carboxylic acids is 1. The molecule has 4 nitrogen and oxygen atoms in total. The predicted molar refractivity (Wildman–Crippen MR) is 97.9 cm³/mol. The molecule has 4 heteroatoms. The van der Waals surface area contributed by atoms with E-state index >= 15 is 0 Å². The van der Waals surface area contributed by atoms with Crippen LogP contribution in [0.4, 0.5) is 0 Å². The Balaban J connectivity index is 2.03. The van der Waals surface area contributed by atoms with Gasteiger partial charge in [0, 0.05) is 5.92 Å². The summed E-state index contributed by atoms with van der Waals surface area (Å²) in [5.74, 6) is -0.289. The molecule has 0 bridgehead atoms. The summed E-state index contributed by atoms with van der Waals surface area (Å²) in [6.45, 7) is 6.28. The Morgan fingerprint density at radius 3 is 2.72 bits per heavy atom. The number of carboxylic acid groups (broad SMARTS) is 1. The van der Waals surface area contributed by atoms with Gasteiger partial charge in [0.15, 0.2) is 0 Å². The topological polar surface area (TPSA) is 66.8 Å². The van der Waals surface area contributed by atoms with Crippen molar-refractivity contribution in [2.75, 3.05) is 0 Å². The molecule has 1 aliphatic heterocycles. The molecule has 0 amide bonds. The van der Waals surface area contributed by atoms with Gasteiger partial charge < -0.3 is 14.9 Å². The molecule has 0 saturated carbocycles. The highest BCUT2D eigenvalue weighted by atomic mass is 16.5. The number of rotatable bonds is 5.